The van der Waals surface area contributed by atoms with Crippen molar-refractivity contribution in [3.63, 3.8) is 0 Å². The summed E-state index contributed by atoms with van der Waals surface area (Å²) in [6.45, 7) is 6.04. The van der Waals surface area contributed by atoms with E-state index in [1.165, 1.54) is 26.4 Å². The number of carbonyl (C=O) groups is 1. The second-order valence-corrected chi connectivity index (χ2v) is 5.56. The van der Waals surface area contributed by atoms with E-state index in [-0.39, 0.29) is 23.5 Å². The van der Waals surface area contributed by atoms with Crippen LogP contribution in [0.2, 0.25) is 0 Å². The average Bonchev–Trinajstić information content (AvgIpc) is 2.70. The molecule has 1 heterocycles. The number of methoxy groups -OCH3 is 2. The first-order valence-corrected chi connectivity index (χ1v) is 8.37. The van der Waals surface area contributed by atoms with Gasteiger partial charge in [0.1, 0.15) is 5.75 Å². The monoisotopic (exact) mass is 371 g/mol. The van der Waals surface area contributed by atoms with Crippen molar-refractivity contribution >= 4 is 17.8 Å². The Morgan fingerprint density at radius 2 is 2.07 bits per heavy atom. The van der Waals surface area contributed by atoms with E-state index in [0.29, 0.717) is 17.9 Å². The Hall–Kier alpha value is -3.15. The Morgan fingerprint density at radius 3 is 2.67 bits per heavy atom. The molecule has 0 bridgehead atoms. The molecule has 1 aliphatic rings. The lowest BCUT2D eigenvalue weighted by Crippen LogP contribution is -2.05. The molecule has 0 atom stereocenters. The van der Waals surface area contributed by atoms with E-state index in [1.54, 1.807) is 31.4 Å². The molecular formula is C21H22FNO4. The third-order valence-electron chi connectivity index (χ3n) is 3.84. The smallest absolute Gasteiger partial charge is 0.337 e. The van der Waals surface area contributed by atoms with Gasteiger partial charge in [0, 0.05) is 17.8 Å². The number of nitrogens with zero attached hydrogens (tertiary/aromatic N) is 1. The first kappa shape index (κ1) is 20.2. The predicted molar refractivity (Wildman–Crippen MR) is 104 cm³/mol. The van der Waals surface area contributed by atoms with Gasteiger partial charge >= 0.3 is 5.97 Å². The van der Waals surface area contributed by atoms with Crippen LogP contribution in [-0.4, -0.2) is 39.6 Å². The predicted octanol–water partition coefficient (Wildman–Crippen LogP) is 3.91. The lowest BCUT2D eigenvalue weighted by atomic mass is 9.96. The first-order chi connectivity index (χ1) is 13.0. The summed E-state index contributed by atoms with van der Waals surface area (Å²) in [5.74, 6) is -0.556. The number of carbonyl (C=O) groups excluding carboxylic acids is 1. The molecule has 5 nitrogen and oxygen atoms in total. The second-order valence-electron chi connectivity index (χ2n) is 5.56. The summed E-state index contributed by atoms with van der Waals surface area (Å²) in [6, 6.07) is 3.04. The van der Waals surface area contributed by atoms with E-state index >= 15 is 0 Å². The molecule has 1 aliphatic heterocycles. The van der Waals surface area contributed by atoms with Crippen molar-refractivity contribution in [3.8, 4) is 11.5 Å². The van der Waals surface area contributed by atoms with Crippen molar-refractivity contribution in [2.75, 3.05) is 27.4 Å². The van der Waals surface area contributed by atoms with Gasteiger partial charge in [-0.15, -0.1) is 0 Å². The number of dihydropyridines is 1. The van der Waals surface area contributed by atoms with E-state index in [4.69, 9.17) is 14.2 Å². The molecule has 0 N–H and O–H groups in total. The van der Waals surface area contributed by atoms with Crippen LogP contribution in [0.1, 0.15) is 12.5 Å². The van der Waals surface area contributed by atoms with Crippen molar-refractivity contribution < 1.29 is 23.4 Å². The maximum atomic E-state index is 15.0. The topological polar surface area (TPSA) is 57.1 Å². The van der Waals surface area contributed by atoms with E-state index in [0.717, 1.165) is 5.57 Å². The summed E-state index contributed by atoms with van der Waals surface area (Å²) in [6.07, 6.45) is 8.40. The molecule has 0 radical (unpaired) electrons. The van der Waals surface area contributed by atoms with E-state index in [9.17, 15) is 9.18 Å². The van der Waals surface area contributed by atoms with Crippen LogP contribution >= 0.6 is 0 Å². The number of aliphatic imine (C=N–C) groups is 1. The lowest BCUT2D eigenvalue weighted by molar-refractivity contribution is -0.138. The molecule has 1 aromatic carbocycles. The summed E-state index contributed by atoms with van der Waals surface area (Å²) in [4.78, 5) is 16.0. The quantitative estimate of drug-likeness (QED) is 0.414. The Bertz CT molecular complexity index is 850. The lowest BCUT2D eigenvalue weighted by Gasteiger charge is -2.15. The Labute approximate surface area is 158 Å². The van der Waals surface area contributed by atoms with E-state index in [1.807, 2.05) is 6.08 Å². The van der Waals surface area contributed by atoms with Crippen molar-refractivity contribution in [3.05, 3.63) is 65.5 Å². The number of ether oxygens (including phenoxy) is 3. The fraction of sp³-hybridized carbons (Fsp3) is 0.238. The van der Waals surface area contributed by atoms with Crippen molar-refractivity contribution in [1.82, 2.24) is 0 Å². The van der Waals surface area contributed by atoms with Crippen LogP contribution in [0.3, 0.4) is 0 Å². The summed E-state index contributed by atoms with van der Waals surface area (Å²) in [7, 11) is 2.88. The van der Waals surface area contributed by atoms with Crippen LogP contribution < -0.4 is 9.47 Å². The van der Waals surface area contributed by atoms with Crippen LogP contribution in [0.4, 0.5) is 4.39 Å². The summed E-state index contributed by atoms with van der Waals surface area (Å²) >= 11 is 0. The number of hydrogen-bond acceptors (Lipinski definition) is 5. The maximum absolute atomic E-state index is 15.0. The van der Waals surface area contributed by atoms with Gasteiger partial charge in [0.25, 0.3) is 0 Å². The highest BCUT2D eigenvalue weighted by Gasteiger charge is 2.17. The fourth-order valence-corrected chi connectivity index (χ4v) is 2.48. The van der Waals surface area contributed by atoms with Gasteiger partial charge in [-0.25, -0.2) is 9.18 Å². The highest BCUT2D eigenvalue weighted by molar-refractivity contribution is 5.92. The molecule has 0 saturated carbocycles. The molecule has 0 aromatic heterocycles. The van der Waals surface area contributed by atoms with E-state index in [2.05, 4.69) is 11.6 Å². The molecule has 2 rings (SSSR count). The maximum Gasteiger partial charge on any atom is 0.337 e. The largest absolute Gasteiger partial charge is 0.497 e. The Kier molecular flexibility index (Phi) is 7.11. The average molecular weight is 371 g/mol. The molecule has 27 heavy (non-hydrogen) atoms. The van der Waals surface area contributed by atoms with Gasteiger partial charge < -0.3 is 14.2 Å². The fourth-order valence-electron chi connectivity index (χ4n) is 2.48. The SMILES string of the molecule is C=C(/C=C\C(=C1\C=CC=NC1)c1cc(OC)cc(OC)c1F)C(=O)OCC. The minimum absolute atomic E-state index is 0.0587. The van der Waals surface area contributed by atoms with Crippen LogP contribution in [0.25, 0.3) is 5.57 Å². The van der Waals surface area contributed by atoms with Crippen molar-refractivity contribution in [2.24, 2.45) is 4.99 Å². The second kappa shape index (κ2) is 9.52. The van der Waals surface area contributed by atoms with Crippen LogP contribution in [0.5, 0.6) is 11.5 Å². The molecule has 1 aromatic rings. The molecule has 0 amide bonds. The summed E-state index contributed by atoms with van der Waals surface area (Å²) in [5.41, 5.74) is 1.76. The van der Waals surface area contributed by atoms with Gasteiger partial charge in [0.05, 0.1) is 32.9 Å². The zero-order chi connectivity index (χ0) is 19.8. The minimum Gasteiger partial charge on any atom is -0.497 e. The van der Waals surface area contributed by atoms with Crippen LogP contribution in [0.15, 0.2) is 59.2 Å². The van der Waals surface area contributed by atoms with Gasteiger partial charge in [-0.1, -0.05) is 18.7 Å². The molecule has 0 fully saturated rings. The summed E-state index contributed by atoms with van der Waals surface area (Å²) in [5, 5.41) is 0. The van der Waals surface area contributed by atoms with Crippen LogP contribution in [-0.2, 0) is 9.53 Å². The number of benzene rings is 1. The molecule has 0 saturated heterocycles. The number of rotatable bonds is 7. The molecule has 0 unspecified atom stereocenters. The standard InChI is InChI=1S/C21H22FNO4/c1-5-27-21(24)14(2)8-9-17(15-7-6-10-23-13-15)18-11-16(25-3)12-19(26-4)20(18)22/h6-12H,2,5,13H2,1,3-4H3/b9-8-,17-15+. The van der Waals surface area contributed by atoms with Gasteiger partial charge in [0.2, 0.25) is 0 Å². The van der Waals surface area contributed by atoms with Gasteiger partial charge in [-0.2, -0.15) is 0 Å². The number of allylic oxidation sites excluding steroid dienone is 3. The Balaban J connectivity index is 2.56. The van der Waals surface area contributed by atoms with Gasteiger partial charge in [-0.3, -0.25) is 4.99 Å². The number of halogens is 1. The molecule has 0 aliphatic carbocycles. The zero-order valence-corrected chi connectivity index (χ0v) is 15.6. The highest BCUT2D eigenvalue weighted by atomic mass is 19.1. The number of esters is 1. The van der Waals surface area contributed by atoms with Crippen LogP contribution in [0, 0.1) is 5.82 Å². The summed E-state index contributed by atoms with van der Waals surface area (Å²) < 4.78 is 30.3. The molecule has 142 valence electrons. The zero-order valence-electron chi connectivity index (χ0n) is 15.6. The first-order valence-electron chi connectivity index (χ1n) is 8.37. The highest BCUT2D eigenvalue weighted by Crippen LogP contribution is 2.34. The number of hydrogen-bond donors (Lipinski definition) is 0. The molecule has 6 heteroatoms. The van der Waals surface area contributed by atoms with Crippen molar-refractivity contribution in [2.45, 2.75) is 6.92 Å². The Morgan fingerprint density at radius 1 is 1.30 bits per heavy atom. The minimum atomic E-state index is -0.532. The third-order valence-corrected chi connectivity index (χ3v) is 3.84. The van der Waals surface area contributed by atoms with Gasteiger partial charge in [0.15, 0.2) is 11.6 Å². The van der Waals surface area contributed by atoms with Gasteiger partial charge in [-0.05, 0) is 36.3 Å². The third kappa shape index (κ3) is 4.94. The van der Waals surface area contributed by atoms with Crippen molar-refractivity contribution in [1.29, 1.82) is 0 Å². The molecule has 0 spiro atoms. The molecular weight excluding hydrogens is 349 g/mol. The van der Waals surface area contributed by atoms with E-state index < -0.39 is 11.8 Å². The normalized spacial score (nSPS) is 15.0.